The highest BCUT2D eigenvalue weighted by Gasteiger charge is 2.26. The number of amides is 1. The van der Waals surface area contributed by atoms with Crippen molar-refractivity contribution in [3.8, 4) is 5.75 Å². The quantitative estimate of drug-likeness (QED) is 0.647. The van der Waals surface area contributed by atoms with Gasteiger partial charge in [0.05, 0.1) is 12.0 Å². The molecular formula is C19H26N2O2S. The molecule has 0 saturated heterocycles. The lowest BCUT2D eigenvalue weighted by atomic mass is 10.2. The molecule has 0 atom stereocenters. The molecule has 1 aliphatic rings. The molecule has 0 unspecified atom stereocenters. The second kappa shape index (κ2) is 9.52. The van der Waals surface area contributed by atoms with Gasteiger partial charge in [0.2, 0.25) is 0 Å². The first-order valence-electron chi connectivity index (χ1n) is 8.60. The molecule has 1 aliphatic heterocycles. The van der Waals surface area contributed by atoms with Gasteiger partial charge >= 0.3 is 0 Å². The molecule has 5 heteroatoms. The van der Waals surface area contributed by atoms with Gasteiger partial charge in [-0.15, -0.1) is 0 Å². The van der Waals surface area contributed by atoms with Crippen molar-refractivity contribution in [2.45, 2.75) is 39.5 Å². The molecule has 24 heavy (non-hydrogen) atoms. The Morgan fingerprint density at radius 2 is 1.83 bits per heavy atom. The van der Waals surface area contributed by atoms with E-state index < -0.39 is 0 Å². The highest BCUT2D eigenvalue weighted by Crippen LogP contribution is 2.32. The van der Waals surface area contributed by atoms with Gasteiger partial charge in [0.15, 0.2) is 5.17 Å². The lowest BCUT2D eigenvalue weighted by Crippen LogP contribution is -2.30. The molecule has 1 heterocycles. The normalized spacial score (nSPS) is 15.7. The van der Waals surface area contributed by atoms with E-state index in [2.05, 4.69) is 23.7 Å². The molecule has 4 nitrogen and oxygen atoms in total. The van der Waals surface area contributed by atoms with Crippen LogP contribution in [0.25, 0.3) is 6.08 Å². The number of methoxy groups -OCH3 is 1. The third-order valence-electron chi connectivity index (χ3n) is 3.87. The van der Waals surface area contributed by atoms with Gasteiger partial charge < -0.3 is 9.64 Å². The van der Waals surface area contributed by atoms with Gasteiger partial charge in [-0.1, -0.05) is 44.9 Å². The number of hydrogen-bond acceptors (Lipinski definition) is 4. The molecule has 0 radical (unpaired) electrons. The van der Waals surface area contributed by atoms with Gasteiger partial charge in [0, 0.05) is 18.7 Å². The van der Waals surface area contributed by atoms with Crippen LogP contribution in [0.1, 0.15) is 45.1 Å². The molecule has 1 aromatic rings. The number of carbonyl (C=O) groups excluding carboxylic acids is 1. The van der Waals surface area contributed by atoms with Crippen LogP contribution < -0.4 is 4.74 Å². The smallest absolute Gasteiger partial charge is 0.286 e. The van der Waals surface area contributed by atoms with Gasteiger partial charge in [0.1, 0.15) is 5.75 Å². The van der Waals surface area contributed by atoms with Crippen LogP contribution in [0.4, 0.5) is 0 Å². The monoisotopic (exact) mass is 346 g/mol. The van der Waals surface area contributed by atoms with Crippen LogP contribution in [0.3, 0.4) is 0 Å². The highest BCUT2D eigenvalue weighted by molar-refractivity contribution is 8.18. The zero-order valence-corrected chi connectivity index (χ0v) is 15.6. The minimum absolute atomic E-state index is 0.154. The highest BCUT2D eigenvalue weighted by atomic mass is 32.2. The van der Waals surface area contributed by atoms with Crippen LogP contribution in [0.15, 0.2) is 34.2 Å². The summed E-state index contributed by atoms with van der Waals surface area (Å²) in [5.41, 5.74) is 0.904. The number of benzene rings is 1. The van der Waals surface area contributed by atoms with E-state index in [9.17, 15) is 4.79 Å². The van der Waals surface area contributed by atoms with E-state index in [1.165, 1.54) is 11.8 Å². The Morgan fingerprint density at radius 1 is 1.17 bits per heavy atom. The Bertz CT molecular complexity index is 618. The van der Waals surface area contributed by atoms with Crippen molar-refractivity contribution >= 4 is 28.9 Å². The van der Waals surface area contributed by atoms with Gasteiger partial charge in [0.25, 0.3) is 5.91 Å². The Morgan fingerprint density at radius 3 is 2.46 bits per heavy atom. The molecule has 0 spiro atoms. The van der Waals surface area contributed by atoms with Gasteiger partial charge in [-0.05, 0) is 36.7 Å². The fourth-order valence-corrected chi connectivity index (χ4v) is 3.42. The Hall–Kier alpha value is -1.75. The summed E-state index contributed by atoms with van der Waals surface area (Å²) < 4.78 is 5.36. The maximum Gasteiger partial charge on any atom is 0.286 e. The number of hydrogen-bond donors (Lipinski definition) is 0. The maximum atomic E-state index is 12.3. The summed E-state index contributed by atoms with van der Waals surface area (Å²) >= 11 is 1.47. The van der Waals surface area contributed by atoms with Crippen molar-refractivity contribution in [1.29, 1.82) is 0 Å². The molecule has 1 aromatic carbocycles. The fraction of sp³-hybridized carbons (Fsp3) is 0.474. The summed E-state index contributed by atoms with van der Waals surface area (Å²) in [5.74, 6) is 0.611. The van der Waals surface area contributed by atoms with Gasteiger partial charge in [-0.3, -0.25) is 4.79 Å². The largest absolute Gasteiger partial charge is 0.496 e. The van der Waals surface area contributed by atoms with Crippen molar-refractivity contribution in [2.24, 2.45) is 4.99 Å². The second-order valence-corrected chi connectivity index (χ2v) is 6.76. The molecule has 0 saturated carbocycles. The number of thioether (sulfide) groups is 1. The third kappa shape index (κ3) is 4.87. The van der Waals surface area contributed by atoms with E-state index in [-0.39, 0.29) is 5.91 Å². The summed E-state index contributed by atoms with van der Waals surface area (Å²) in [6, 6.07) is 7.70. The predicted molar refractivity (Wildman–Crippen MR) is 102 cm³/mol. The molecular weight excluding hydrogens is 320 g/mol. The zero-order valence-electron chi connectivity index (χ0n) is 14.7. The minimum Gasteiger partial charge on any atom is -0.496 e. The maximum absolute atomic E-state index is 12.3. The van der Waals surface area contributed by atoms with Crippen molar-refractivity contribution < 1.29 is 9.53 Å². The van der Waals surface area contributed by atoms with Crippen LogP contribution in [0.5, 0.6) is 5.75 Å². The Balaban J connectivity index is 2.14. The molecule has 0 aromatic heterocycles. The molecule has 130 valence electrons. The van der Waals surface area contributed by atoms with Crippen LogP contribution in [0.2, 0.25) is 0 Å². The molecule has 0 fully saturated rings. The zero-order chi connectivity index (χ0) is 17.4. The average Bonchev–Trinajstić information content (AvgIpc) is 2.96. The van der Waals surface area contributed by atoms with Crippen LogP contribution in [-0.2, 0) is 4.79 Å². The number of nitrogens with zero attached hydrogens (tertiary/aromatic N) is 2. The van der Waals surface area contributed by atoms with E-state index in [1.54, 1.807) is 7.11 Å². The summed E-state index contributed by atoms with van der Waals surface area (Å²) in [5, 5.41) is 0.836. The number of unbranched alkanes of at least 4 members (excludes halogenated alkanes) is 2. The molecule has 2 rings (SSSR count). The standard InChI is InChI=1S/C19H26N2O2S/c1-4-6-12-21(13-7-5-2)19-20-18(22)17(24-19)14-15-10-8-9-11-16(15)23-3/h8-11,14H,4-7,12-13H2,1-3H3/b17-14-. The fourth-order valence-electron chi connectivity index (χ4n) is 2.46. The van der Waals surface area contributed by atoms with Crippen molar-refractivity contribution in [3.63, 3.8) is 0 Å². The van der Waals surface area contributed by atoms with Crippen LogP contribution in [-0.4, -0.2) is 36.2 Å². The van der Waals surface area contributed by atoms with Gasteiger partial charge in [-0.25, -0.2) is 0 Å². The molecule has 0 bridgehead atoms. The first-order chi connectivity index (χ1) is 11.7. The van der Waals surface area contributed by atoms with E-state index in [0.29, 0.717) is 4.91 Å². The van der Waals surface area contributed by atoms with E-state index >= 15 is 0 Å². The van der Waals surface area contributed by atoms with Crippen LogP contribution in [0, 0.1) is 0 Å². The summed E-state index contributed by atoms with van der Waals surface area (Å²) in [6.07, 6.45) is 6.38. The number of para-hydroxylation sites is 1. The van der Waals surface area contributed by atoms with E-state index in [1.807, 2.05) is 30.3 Å². The van der Waals surface area contributed by atoms with Crippen LogP contribution >= 0.6 is 11.8 Å². The van der Waals surface area contributed by atoms with Crippen molar-refractivity contribution in [1.82, 2.24) is 4.90 Å². The van der Waals surface area contributed by atoms with Crippen molar-refractivity contribution in [3.05, 3.63) is 34.7 Å². The Labute approximate surface area is 149 Å². The summed E-state index contributed by atoms with van der Waals surface area (Å²) in [4.78, 5) is 19.5. The average molecular weight is 346 g/mol. The lowest BCUT2D eigenvalue weighted by molar-refractivity contribution is -0.113. The first kappa shape index (κ1) is 18.6. The summed E-state index contributed by atoms with van der Waals surface area (Å²) in [7, 11) is 1.64. The van der Waals surface area contributed by atoms with E-state index in [4.69, 9.17) is 4.74 Å². The minimum atomic E-state index is -0.154. The SMILES string of the molecule is CCCCN(CCCC)C1=NC(=O)/C(=C/c2ccccc2OC)S1. The number of aliphatic imine (C=N–C) groups is 1. The number of carbonyl (C=O) groups is 1. The third-order valence-corrected chi connectivity index (χ3v) is 4.91. The van der Waals surface area contributed by atoms with Crippen molar-refractivity contribution in [2.75, 3.05) is 20.2 Å². The van der Waals surface area contributed by atoms with E-state index in [0.717, 1.165) is 55.3 Å². The molecule has 1 amide bonds. The number of amidine groups is 1. The topological polar surface area (TPSA) is 41.9 Å². The predicted octanol–water partition coefficient (Wildman–Crippen LogP) is 4.57. The van der Waals surface area contributed by atoms with Gasteiger partial charge in [-0.2, -0.15) is 4.99 Å². The molecule has 0 N–H and O–H groups in total. The number of ether oxygens (including phenoxy) is 1. The molecule has 0 aliphatic carbocycles. The lowest BCUT2D eigenvalue weighted by Gasteiger charge is -2.23. The first-order valence-corrected chi connectivity index (χ1v) is 9.41. The second-order valence-electron chi connectivity index (χ2n) is 5.75. The summed E-state index contributed by atoms with van der Waals surface area (Å²) in [6.45, 7) is 6.27. The number of rotatable bonds is 8. The Kier molecular flexibility index (Phi) is 7.37.